The zero-order chi connectivity index (χ0) is 12.9. The molecular formula is C13H17FO2S. The fourth-order valence-corrected chi connectivity index (χ4v) is 2.62. The van der Waals surface area contributed by atoms with Crippen molar-refractivity contribution in [1.29, 1.82) is 0 Å². The highest BCUT2D eigenvalue weighted by Gasteiger charge is 2.21. The van der Waals surface area contributed by atoms with Gasteiger partial charge in [0.15, 0.2) is 0 Å². The van der Waals surface area contributed by atoms with Crippen LogP contribution in [0.25, 0.3) is 0 Å². The zero-order valence-corrected chi connectivity index (χ0v) is 10.9. The van der Waals surface area contributed by atoms with Gasteiger partial charge in [-0.1, -0.05) is 32.0 Å². The molecule has 0 aliphatic rings. The third kappa shape index (κ3) is 3.40. The number of hydrogen-bond donors (Lipinski definition) is 0. The van der Waals surface area contributed by atoms with Gasteiger partial charge in [-0.3, -0.25) is 0 Å². The smallest absolute Gasteiger partial charge is 0.216 e. The lowest BCUT2D eigenvalue weighted by molar-refractivity contribution is 0.555. The Bertz CT molecular complexity index is 473. The van der Waals surface area contributed by atoms with Gasteiger partial charge in [0.25, 0.3) is 0 Å². The van der Waals surface area contributed by atoms with Crippen LogP contribution in [0, 0.1) is 5.92 Å². The van der Waals surface area contributed by atoms with E-state index >= 15 is 0 Å². The third-order valence-electron chi connectivity index (χ3n) is 2.73. The molecule has 0 aliphatic carbocycles. The quantitative estimate of drug-likeness (QED) is 0.804. The lowest BCUT2D eigenvalue weighted by Gasteiger charge is -2.07. The Hall–Kier alpha value is -1.16. The first kappa shape index (κ1) is 13.9. The van der Waals surface area contributed by atoms with Crippen LogP contribution >= 0.6 is 0 Å². The van der Waals surface area contributed by atoms with Crippen LogP contribution in [0.3, 0.4) is 0 Å². The maximum Gasteiger partial charge on any atom is 0.232 e. The SMILES string of the molecule is CCC(/C=C(\F)S(=O)(=O)c1ccccc1)CC. The summed E-state index contributed by atoms with van der Waals surface area (Å²) in [6, 6.07) is 7.65. The molecule has 0 heterocycles. The molecule has 4 heteroatoms. The van der Waals surface area contributed by atoms with Crippen LogP contribution in [-0.2, 0) is 9.84 Å². The van der Waals surface area contributed by atoms with Crippen LogP contribution in [-0.4, -0.2) is 8.42 Å². The first-order chi connectivity index (χ1) is 8.02. The molecule has 2 nitrogen and oxygen atoms in total. The predicted octanol–water partition coefficient (Wildman–Crippen LogP) is 3.71. The van der Waals surface area contributed by atoms with E-state index in [0.717, 1.165) is 12.8 Å². The first-order valence-electron chi connectivity index (χ1n) is 5.69. The standard InChI is InChI=1S/C13H17FO2S/c1-3-11(4-2)10-13(14)17(15,16)12-8-6-5-7-9-12/h5-11H,3-4H2,1-2H3/b13-10+. The molecule has 0 atom stereocenters. The van der Waals surface area contributed by atoms with E-state index in [1.54, 1.807) is 18.2 Å². The van der Waals surface area contributed by atoms with Gasteiger partial charge in [-0.25, -0.2) is 8.42 Å². The van der Waals surface area contributed by atoms with Gasteiger partial charge in [-0.2, -0.15) is 4.39 Å². The van der Waals surface area contributed by atoms with E-state index in [2.05, 4.69) is 0 Å². The molecule has 0 unspecified atom stereocenters. The second kappa shape index (κ2) is 5.96. The molecule has 0 radical (unpaired) electrons. The van der Waals surface area contributed by atoms with Gasteiger partial charge in [-0.15, -0.1) is 0 Å². The molecule has 1 aromatic carbocycles. The summed E-state index contributed by atoms with van der Waals surface area (Å²) in [5, 5.41) is -1.04. The normalized spacial score (nSPS) is 13.1. The molecule has 0 aliphatic heterocycles. The molecule has 17 heavy (non-hydrogen) atoms. The summed E-state index contributed by atoms with van der Waals surface area (Å²) >= 11 is 0. The van der Waals surface area contributed by atoms with Crippen LogP contribution in [0.4, 0.5) is 4.39 Å². The van der Waals surface area contributed by atoms with Crippen molar-refractivity contribution in [3.05, 3.63) is 41.6 Å². The number of allylic oxidation sites excluding steroid dienone is 1. The van der Waals surface area contributed by atoms with Gasteiger partial charge >= 0.3 is 0 Å². The maximum atomic E-state index is 13.8. The van der Waals surface area contributed by atoms with E-state index in [4.69, 9.17) is 0 Å². The molecule has 1 rings (SSSR count). The van der Waals surface area contributed by atoms with Crippen molar-refractivity contribution in [2.45, 2.75) is 31.6 Å². The van der Waals surface area contributed by atoms with E-state index in [1.165, 1.54) is 18.2 Å². The van der Waals surface area contributed by atoms with Crippen molar-refractivity contribution in [3.8, 4) is 0 Å². The summed E-state index contributed by atoms with van der Waals surface area (Å²) in [4.78, 5) is -0.000272. The van der Waals surface area contributed by atoms with Gasteiger partial charge in [-0.05, 0) is 37.0 Å². The van der Waals surface area contributed by atoms with E-state index in [0.29, 0.717) is 0 Å². The second-order valence-corrected chi connectivity index (χ2v) is 5.73. The number of benzene rings is 1. The molecule has 94 valence electrons. The van der Waals surface area contributed by atoms with E-state index in [1.807, 2.05) is 13.8 Å². The topological polar surface area (TPSA) is 34.1 Å². The Morgan fingerprint density at radius 2 is 1.76 bits per heavy atom. The number of halogens is 1. The molecule has 0 N–H and O–H groups in total. The van der Waals surface area contributed by atoms with E-state index < -0.39 is 15.0 Å². The molecular weight excluding hydrogens is 239 g/mol. The molecule has 0 saturated carbocycles. The Kier molecular flexibility index (Phi) is 4.87. The highest BCUT2D eigenvalue weighted by Crippen LogP contribution is 2.23. The van der Waals surface area contributed by atoms with Crippen LogP contribution in [0.1, 0.15) is 26.7 Å². The van der Waals surface area contributed by atoms with Crippen LogP contribution in [0.15, 0.2) is 46.5 Å². The monoisotopic (exact) mass is 256 g/mol. The van der Waals surface area contributed by atoms with Crippen LogP contribution in [0.2, 0.25) is 0 Å². The molecule has 0 fully saturated rings. The summed E-state index contributed by atoms with van der Waals surface area (Å²) in [5.74, 6) is -0.0338. The van der Waals surface area contributed by atoms with Gasteiger partial charge in [0.05, 0.1) is 4.90 Å². The molecule has 0 saturated heterocycles. The fourth-order valence-electron chi connectivity index (χ4n) is 1.51. The molecule has 0 aromatic heterocycles. The van der Waals surface area contributed by atoms with E-state index in [-0.39, 0.29) is 10.8 Å². The van der Waals surface area contributed by atoms with Crippen LogP contribution in [0.5, 0.6) is 0 Å². The van der Waals surface area contributed by atoms with Crippen molar-refractivity contribution in [2.24, 2.45) is 5.92 Å². The highest BCUT2D eigenvalue weighted by atomic mass is 32.2. The lowest BCUT2D eigenvalue weighted by atomic mass is 10.0. The maximum absolute atomic E-state index is 13.8. The van der Waals surface area contributed by atoms with Crippen molar-refractivity contribution < 1.29 is 12.8 Å². The Morgan fingerprint density at radius 3 is 2.24 bits per heavy atom. The molecule has 0 amide bonds. The Balaban J connectivity index is 3.07. The molecule has 1 aromatic rings. The zero-order valence-electron chi connectivity index (χ0n) is 10.1. The largest absolute Gasteiger partial charge is 0.232 e. The van der Waals surface area contributed by atoms with Gasteiger partial charge < -0.3 is 0 Å². The molecule has 0 spiro atoms. The summed E-state index contributed by atoms with van der Waals surface area (Å²) in [6.07, 6.45) is 2.67. The lowest BCUT2D eigenvalue weighted by Crippen LogP contribution is -2.03. The van der Waals surface area contributed by atoms with Crippen LogP contribution < -0.4 is 0 Å². The number of hydrogen-bond acceptors (Lipinski definition) is 2. The van der Waals surface area contributed by atoms with E-state index in [9.17, 15) is 12.8 Å². The highest BCUT2D eigenvalue weighted by molar-refractivity contribution is 7.95. The average Bonchev–Trinajstić information content (AvgIpc) is 2.36. The first-order valence-corrected chi connectivity index (χ1v) is 7.18. The average molecular weight is 256 g/mol. The van der Waals surface area contributed by atoms with Gasteiger partial charge in [0.1, 0.15) is 0 Å². The minimum Gasteiger partial charge on any atom is -0.216 e. The molecule has 0 bridgehead atoms. The van der Waals surface area contributed by atoms with Crippen molar-refractivity contribution in [2.75, 3.05) is 0 Å². The predicted molar refractivity (Wildman–Crippen MR) is 66.9 cm³/mol. The van der Waals surface area contributed by atoms with Gasteiger partial charge in [0.2, 0.25) is 15.0 Å². The number of rotatable bonds is 5. The second-order valence-electron chi connectivity index (χ2n) is 3.86. The van der Waals surface area contributed by atoms with Crippen molar-refractivity contribution >= 4 is 9.84 Å². The Labute approximate surface area is 102 Å². The third-order valence-corrected chi connectivity index (χ3v) is 4.27. The Morgan fingerprint density at radius 1 is 1.24 bits per heavy atom. The minimum absolute atomic E-state index is 0.000272. The van der Waals surface area contributed by atoms with Crippen molar-refractivity contribution in [1.82, 2.24) is 0 Å². The minimum atomic E-state index is -3.96. The summed E-state index contributed by atoms with van der Waals surface area (Å²) in [6.45, 7) is 3.82. The summed E-state index contributed by atoms with van der Waals surface area (Å²) in [7, 11) is -3.96. The summed E-state index contributed by atoms with van der Waals surface area (Å²) < 4.78 is 37.5. The number of sulfone groups is 1. The summed E-state index contributed by atoms with van der Waals surface area (Å²) in [5.41, 5.74) is 0. The van der Waals surface area contributed by atoms with Crippen molar-refractivity contribution in [3.63, 3.8) is 0 Å². The fraction of sp³-hybridized carbons (Fsp3) is 0.385. The van der Waals surface area contributed by atoms with Gasteiger partial charge in [0, 0.05) is 0 Å².